The summed E-state index contributed by atoms with van der Waals surface area (Å²) >= 11 is 0. The van der Waals surface area contributed by atoms with Crippen LogP contribution in [0.4, 0.5) is 0 Å². The lowest BCUT2D eigenvalue weighted by atomic mass is 9.72. The van der Waals surface area contributed by atoms with E-state index >= 15 is 0 Å². The molecule has 4 N–H and O–H groups in total. The van der Waals surface area contributed by atoms with Gasteiger partial charge in [-0.3, -0.25) is 9.59 Å². The third kappa shape index (κ3) is 7.08. The van der Waals surface area contributed by atoms with Crippen molar-refractivity contribution >= 4 is 33.9 Å². The van der Waals surface area contributed by atoms with E-state index < -0.39 is 11.8 Å². The fraction of sp³-hybridized carbons (Fsp3) is 0.297. The number of aromatic nitrogens is 6. The van der Waals surface area contributed by atoms with E-state index in [1.807, 2.05) is 67.6 Å². The van der Waals surface area contributed by atoms with E-state index in [0.717, 1.165) is 17.5 Å². The molecule has 6 aromatic rings. The normalized spacial score (nSPS) is 12.0. The maximum absolute atomic E-state index is 13.0. The van der Waals surface area contributed by atoms with Crippen LogP contribution in [-0.4, -0.2) is 52.0 Å². The molecule has 4 aromatic carbocycles. The highest BCUT2D eigenvalue weighted by Crippen LogP contribution is 2.40. The molecule has 49 heavy (non-hydrogen) atoms. The average Bonchev–Trinajstić information content (AvgIpc) is 3.67. The van der Waals surface area contributed by atoms with Crippen molar-refractivity contribution in [2.45, 2.75) is 66.5 Å². The molecule has 2 aromatic heterocycles. The van der Waals surface area contributed by atoms with Crippen LogP contribution in [0.2, 0.25) is 0 Å². The van der Waals surface area contributed by atoms with Gasteiger partial charge in [0.2, 0.25) is 0 Å². The molecule has 0 aliphatic rings. The molecule has 2 heterocycles. The first-order chi connectivity index (χ1) is 23.2. The summed E-state index contributed by atoms with van der Waals surface area (Å²) in [6.07, 6.45) is 0.841. The minimum atomic E-state index is -0.894. The zero-order chi connectivity index (χ0) is 35.1. The fourth-order valence-corrected chi connectivity index (χ4v) is 6.35. The number of amides is 2. The number of aromatic hydroxyl groups is 2. The molecule has 0 saturated heterocycles. The van der Waals surface area contributed by atoms with Gasteiger partial charge in [0.1, 0.15) is 44.9 Å². The van der Waals surface area contributed by atoms with Crippen LogP contribution in [-0.2, 0) is 28.1 Å². The SMILES string of the molecule is Cc1cc(CNC(=O)C(=O)NCc2cc(C(C)(C)CC(C)(C)C)cc(-n3nc4ccccc4n3)c2O)c(O)c(-n2nc3ccccc3n2)c1. The molecule has 0 aliphatic carbocycles. The third-order valence-electron chi connectivity index (χ3n) is 8.32. The Bertz CT molecular complexity index is 2140. The largest absolute Gasteiger partial charge is 0.505 e. The van der Waals surface area contributed by atoms with E-state index in [0.29, 0.717) is 44.6 Å². The van der Waals surface area contributed by atoms with Crippen LogP contribution in [0.25, 0.3) is 33.4 Å². The Morgan fingerprint density at radius 2 is 1.06 bits per heavy atom. The average molecular weight is 661 g/mol. The van der Waals surface area contributed by atoms with Crippen LogP contribution >= 0.6 is 0 Å². The molecule has 2 amide bonds. The van der Waals surface area contributed by atoms with Crippen molar-refractivity contribution in [2.24, 2.45) is 5.41 Å². The number of nitrogens with zero attached hydrogens (tertiary/aromatic N) is 6. The summed E-state index contributed by atoms with van der Waals surface area (Å²) in [5.74, 6) is -2.00. The number of hydrogen-bond acceptors (Lipinski definition) is 8. The summed E-state index contributed by atoms with van der Waals surface area (Å²) in [6, 6.07) is 22.0. The van der Waals surface area contributed by atoms with Crippen molar-refractivity contribution < 1.29 is 19.8 Å². The molecular weight excluding hydrogens is 620 g/mol. The fourth-order valence-electron chi connectivity index (χ4n) is 6.35. The topological polar surface area (TPSA) is 160 Å². The first kappa shape index (κ1) is 33.1. The van der Waals surface area contributed by atoms with E-state index in [4.69, 9.17) is 0 Å². The molecular formula is C37H40N8O4. The van der Waals surface area contributed by atoms with Crippen molar-refractivity contribution in [3.63, 3.8) is 0 Å². The summed E-state index contributed by atoms with van der Waals surface area (Å²) < 4.78 is 0. The highest BCUT2D eigenvalue weighted by molar-refractivity contribution is 6.35. The maximum atomic E-state index is 13.0. The van der Waals surface area contributed by atoms with Gasteiger partial charge in [-0.2, -0.15) is 0 Å². The van der Waals surface area contributed by atoms with E-state index in [1.165, 1.54) is 9.59 Å². The molecule has 12 heteroatoms. The molecule has 0 radical (unpaired) electrons. The molecule has 0 saturated carbocycles. The molecule has 252 valence electrons. The van der Waals surface area contributed by atoms with Gasteiger partial charge in [-0.05, 0) is 77.8 Å². The number of hydrogen-bond donors (Lipinski definition) is 4. The second-order valence-corrected chi connectivity index (χ2v) is 14.2. The van der Waals surface area contributed by atoms with E-state index in [-0.39, 0.29) is 35.4 Å². The van der Waals surface area contributed by atoms with Crippen molar-refractivity contribution in [1.29, 1.82) is 0 Å². The van der Waals surface area contributed by atoms with Crippen molar-refractivity contribution in [2.75, 3.05) is 0 Å². The van der Waals surface area contributed by atoms with Gasteiger partial charge >= 0.3 is 11.8 Å². The van der Waals surface area contributed by atoms with Crippen LogP contribution < -0.4 is 10.6 Å². The second kappa shape index (κ2) is 12.7. The van der Waals surface area contributed by atoms with Crippen LogP contribution in [0.3, 0.4) is 0 Å². The lowest BCUT2D eigenvalue weighted by Crippen LogP contribution is -2.39. The smallest absolute Gasteiger partial charge is 0.309 e. The Hall–Kier alpha value is -5.78. The maximum Gasteiger partial charge on any atom is 0.309 e. The van der Waals surface area contributed by atoms with Gasteiger partial charge in [-0.25, -0.2) is 0 Å². The summed E-state index contributed by atoms with van der Waals surface area (Å²) in [5, 5.41) is 45.8. The predicted octanol–water partition coefficient (Wildman–Crippen LogP) is 5.52. The van der Waals surface area contributed by atoms with Gasteiger partial charge in [0.15, 0.2) is 0 Å². The third-order valence-corrected chi connectivity index (χ3v) is 8.32. The number of fused-ring (bicyclic) bond motifs is 2. The quantitative estimate of drug-likeness (QED) is 0.155. The first-order valence-electron chi connectivity index (χ1n) is 16.1. The van der Waals surface area contributed by atoms with Crippen LogP contribution in [0.1, 0.15) is 63.3 Å². The van der Waals surface area contributed by atoms with E-state index in [9.17, 15) is 19.8 Å². The monoisotopic (exact) mass is 660 g/mol. The van der Waals surface area contributed by atoms with Gasteiger partial charge in [-0.15, -0.1) is 30.0 Å². The Morgan fingerprint density at radius 3 is 1.49 bits per heavy atom. The van der Waals surface area contributed by atoms with Gasteiger partial charge in [0.25, 0.3) is 0 Å². The lowest BCUT2D eigenvalue weighted by molar-refractivity contribution is -0.139. The Morgan fingerprint density at radius 1 is 0.653 bits per heavy atom. The van der Waals surface area contributed by atoms with Gasteiger partial charge in [0, 0.05) is 24.2 Å². The number of phenols is 2. The minimum Gasteiger partial charge on any atom is -0.505 e. The number of phenolic OH excluding ortho intramolecular Hbond substituents is 2. The van der Waals surface area contributed by atoms with Gasteiger partial charge < -0.3 is 20.8 Å². The number of rotatable bonds is 8. The summed E-state index contributed by atoms with van der Waals surface area (Å²) in [4.78, 5) is 28.7. The van der Waals surface area contributed by atoms with Crippen molar-refractivity contribution in [3.8, 4) is 22.9 Å². The van der Waals surface area contributed by atoms with E-state index in [1.54, 1.807) is 12.1 Å². The van der Waals surface area contributed by atoms with Gasteiger partial charge in [0.05, 0.1) is 0 Å². The zero-order valence-corrected chi connectivity index (χ0v) is 28.4. The Kier molecular flexibility index (Phi) is 8.57. The Labute approximate surface area is 283 Å². The minimum absolute atomic E-state index is 0.0160. The number of carbonyl (C=O) groups is 2. The molecule has 12 nitrogen and oxygen atoms in total. The Balaban J connectivity index is 1.21. The van der Waals surface area contributed by atoms with Crippen molar-refractivity contribution in [1.82, 2.24) is 40.6 Å². The molecule has 0 spiro atoms. The molecule has 0 fully saturated rings. The molecule has 6 rings (SSSR count). The standard InChI is InChI=1S/C37H40N8O4/c1-22-15-23(32(46)30(16-22)44-40-26-11-7-8-12-27(26)41-44)19-38-34(48)35(49)39-20-24-17-25(37(5,6)21-36(2,3)4)18-31(33(24)47)45-42-28-13-9-10-14-29(28)43-45/h7-18,46-47H,19-21H2,1-6H3,(H,38,48)(H,39,49). The number of benzene rings is 4. The lowest BCUT2D eigenvalue weighted by Gasteiger charge is -2.33. The summed E-state index contributed by atoms with van der Waals surface area (Å²) in [5.41, 5.74) is 5.67. The van der Waals surface area contributed by atoms with Crippen LogP contribution in [0.5, 0.6) is 11.5 Å². The van der Waals surface area contributed by atoms with Gasteiger partial charge in [-0.1, -0.05) is 65.0 Å². The number of aryl methyl sites for hydroxylation is 1. The number of carbonyl (C=O) groups excluding carboxylic acids is 2. The molecule has 0 bridgehead atoms. The predicted molar refractivity (Wildman–Crippen MR) is 187 cm³/mol. The summed E-state index contributed by atoms with van der Waals surface area (Å²) in [6.45, 7) is 12.4. The summed E-state index contributed by atoms with van der Waals surface area (Å²) in [7, 11) is 0. The van der Waals surface area contributed by atoms with E-state index in [2.05, 4.69) is 65.6 Å². The second-order valence-electron chi connectivity index (χ2n) is 14.2. The highest BCUT2D eigenvalue weighted by atomic mass is 16.3. The highest BCUT2D eigenvalue weighted by Gasteiger charge is 2.30. The van der Waals surface area contributed by atoms with Crippen LogP contribution in [0.15, 0.2) is 72.8 Å². The van der Waals surface area contributed by atoms with Crippen LogP contribution in [0, 0.1) is 12.3 Å². The zero-order valence-electron chi connectivity index (χ0n) is 28.4. The van der Waals surface area contributed by atoms with Crippen molar-refractivity contribution in [3.05, 3.63) is 95.1 Å². The molecule has 0 atom stereocenters. The number of nitrogens with one attached hydrogen (secondary N) is 2. The first-order valence-corrected chi connectivity index (χ1v) is 16.1. The molecule has 0 unspecified atom stereocenters. The molecule has 0 aliphatic heterocycles.